The average Bonchev–Trinajstić information content (AvgIpc) is 2.29. The van der Waals surface area contributed by atoms with E-state index < -0.39 is 5.82 Å². The molecule has 0 aliphatic carbocycles. The number of rotatable bonds is 5. The van der Waals surface area contributed by atoms with E-state index >= 15 is 0 Å². The number of carbonyl (C=O) groups excluding carboxylic acids is 1. The van der Waals surface area contributed by atoms with E-state index in [0.717, 1.165) is 0 Å². The Morgan fingerprint density at radius 3 is 2.76 bits per heavy atom. The predicted molar refractivity (Wildman–Crippen MR) is 64.5 cm³/mol. The van der Waals surface area contributed by atoms with Gasteiger partial charge in [0.1, 0.15) is 5.82 Å². The van der Waals surface area contributed by atoms with E-state index in [1.807, 2.05) is 17.9 Å². The molecule has 4 heteroatoms. The largest absolute Gasteiger partial charge is 0.370 e. The molecule has 3 nitrogen and oxygen atoms in total. The van der Waals surface area contributed by atoms with E-state index in [-0.39, 0.29) is 11.3 Å². The molecule has 0 aliphatic rings. The lowest BCUT2D eigenvalue weighted by molar-refractivity contribution is 0.101. The van der Waals surface area contributed by atoms with Crippen LogP contribution in [-0.2, 0) is 0 Å². The van der Waals surface area contributed by atoms with E-state index in [1.165, 1.54) is 13.0 Å². The minimum absolute atomic E-state index is 0.104. The minimum atomic E-state index is -0.509. The molecule has 0 aromatic heterocycles. The molecule has 0 radical (unpaired) electrons. The van der Waals surface area contributed by atoms with E-state index in [4.69, 9.17) is 5.26 Å². The van der Waals surface area contributed by atoms with Crippen molar-refractivity contribution >= 4 is 11.5 Å². The Morgan fingerprint density at radius 1 is 1.53 bits per heavy atom. The quantitative estimate of drug-likeness (QED) is 0.736. The highest BCUT2D eigenvalue weighted by atomic mass is 19.1. The lowest BCUT2D eigenvalue weighted by Crippen LogP contribution is -2.26. The Bertz CT molecular complexity index is 451. The number of carbonyl (C=O) groups is 1. The summed E-state index contributed by atoms with van der Waals surface area (Å²) in [4.78, 5) is 13.3. The van der Waals surface area contributed by atoms with Crippen molar-refractivity contribution in [3.8, 4) is 6.07 Å². The Morgan fingerprint density at radius 2 is 2.24 bits per heavy atom. The highest BCUT2D eigenvalue weighted by Gasteiger charge is 2.16. The van der Waals surface area contributed by atoms with E-state index in [0.29, 0.717) is 25.2 Å². The smallest absolute Gasteiger partial charge is 0.164 e. The van der Waals surface area contributed by atoms with E-state index in [1.54, 1.807) is 12.1 Å². The number of ketones is 1. The maximum atomic E-state index is 13.6. The molecule has 1 aromatic rings. The van der Waals surface area contributed by atoms with Gasteiger partial charge >= 0.3 is 0 Å². The fourth-order valence-electron chi connectivity index (χ4n) is 1.76. The Balaban J connectivity index is 3.15. The van der Waals surface area contributed by atoms with Crippen LogP contribution in [-0.4, -0.2) is 18.9 Å². The third kappa shape index (κ3) is 3.04. The first-order valence-electron chi connectivity index (χ1n) is 5.53. The highest BCUT2D eigenvalue weighted by molar-refractivity contribution is 6.00. The van der Waals surface area contributed by atoms with Crippen molar-refractivity contribution in [1.29, 1.82) is 5.26 Å². The van der Waals surface area contributed by atoms with Crippen LogP contribution in [0.5, 0.6) is 0 Å². The second-order valence-electron chi connectivity index (χ2n) is 3.68. The first kappa shape index (κ1) is 13.2. The average molecular weight is 234 g/mol. The first-order valence-corrected chi connectivity index (χ1v) is 5.53. The van der Waals surface area contributed by atoms with Gasteiger partial charge in [0.2, 0.25) is 0 Å². The summed E-state index contributed by atoms with van der Waals surface area (Å²) in [5.74, 6) is -0.807. The molecule has 1 aromatic carbocycles. The highest BCUT2D eigenvalue weighted by Crippen LogP contribution is 2.23. The van der Waals surface area contributed by atoms with Gasteiger partial charge in [0.05, 0.1) is 23.7 Å². The summed E-state index contributed by atoms with van der Waals surface area (Å²) in [6, 6.07) is 6.61. The molecule has 17 heavy (non-hydrogen) atoms. The summed E-state index contributed by atoms with van der Waals surface area (Å²) in [7, 11) is 0. The number of hydrogen-bond donors (Lipinski definition) is 0. The summed E-state index contributed by atoms with van der Waals surface area (Å²) in [5.41, 5.74) is 0.669. The van der Waals surface area contributed by atoms with Gasteiger partial charge in [-0.3, -0.25) is 4.79 Å². The third-order valence-corrected chi connectivity index (χ3v) is 2.56. The number of halogens is 1. The van der Waals surface area contributed by atoms with Crippen molar-refractivity contribution in [1.82, 2.24) is 0 Å². The lowest BCUT2D eigenvalue weighted by atomic mass is 10.1. The molecule has 0 aliphatic heterocycles. The van der Waals surface area contributed by atoms with Gasteiger partial charge in [-0.15, -0.1) is 0 Å². The van der Waals surface area contributed by atoms with Crippen LogP contribution in [0.2, 0.25) is 0 Å². The van der Waals surface area contributed by atoms with Crippen molar-refractivity contribution < 1.29 is 9.18 Å². The van der Waals surface area contributed by atoms with Crippen LogP contribution < -0.4 is 4.90 Å². The van der Waals surface area contributed by atoms with Gasteiger partial charge in [-0.2, -0.15) is 5.26 Å². The second-order valence-corrected chi connectivity index (χ2v) is 3.68. The van der Waals surface area contributed by atoms with Crippen LogP contribution in [0.15, 0.2) is 18.2 Å². The van der Waals surface area contributed by atoms with Crippen LogP contribution in [0.3, 0.4) is 0 Å². The van der Waals surface area contributed by atoms with Gasteiger partial charge in [0.15, 0.2) is 5.78 Å². The van der Waals surface area contributed by atoms with Crippen LogP contribution in [0.4, 0.5) is 10.1 Å². The molecule has 0 saturated carbocycles. The number of anilines is 1. The zero-order valence-corrected chi connectivity index (χ0v) is 10.0. The summed E-state index contributed by atoms with van der Waals surface area (Å²) >= 11 is 0. The molecule has 0 amide bonds. The number of nitriles is 1. The zero-order valence-electron chi connectivity index (χ0n) is 10.0. The van der Waals surface area contributed by atoms with Gasteiger partial charge in [0, 0.05) is 13.1 Å². The molecule has 0 bridgehead atoms. The molecule has 0 spiro atoms. The fourth-order valence-corrected chi connectivity index (χ4v) is 1.76. The summed E-state index contributed by atoms with van der Waals surface area (Å²) < 4.78 is 13.6. The van der Waals surface area contributed by atoms with Crippen LogP contribution >= 0.6 is 0 Å². The zero-order chi connectivity index (χ0) is 12.8. The standard InChI is InChI=1S/C13H15FN2O/c1-3-16(9-5-8-15)12-7-4-6-11(14)13(12)10(2)17/h4,6-7H,3,5,9H2,1-2H3. The maximum Gasteiger partial charge on any atom is 0.164 e. The Labute approximate surface area is 100 Å². The SMILES string of the molecule is CCN(CCC#N)c1cccc(F)c1C(C)=O. The molecule has 0 heterocycles. The molecule has 0 fully saturated rings. The molecule has 0 N–H and O–H groups in total. The van der Waals surface area contributed by atoms with Crippen LogP contribution in [0.1, 0.15) is 30.6 Å². The molecular weight excluding hydrogens is 219 g/mol. The number of nitrogens with zero attached hydrogens (tertiary/aromatic N) is 2. The molecule has 90 valence electrons. The van der Waals surface area contributed by atoms with Gasteiger partial charge in [-0.05, 0) is 26.0 Å². The lowest BCUT2D eigenvalue weighted by Gasteiger charge is -2.24. The monoisotopic (exact) mass is 234 g/mol. The van der Waals surface area contributed by atoms with Gasteiger partial charge in [0.25, 0.3) is 0 Å². The summed E-state index contributed by atoms with van der Waals surface area (Å²) in [6.45, 7) is 4.38. The van der Waals surface area contributed by atoms with Gasteiger partial charge < -0.3 is 4.90 Å². The first-order chi connectivity index (χ1) is 8.11. The van der Waals surface area contributed by atoms with E-state index in [2.05, 4.69) is 0 Å². The van der Waals surface area contributed by atoms with Crippen molar-refractivity contribution in [3.05, 3.63) is 29.6 Å². The Kier molecular flexibility index (Phi) is 4.65. The van der Waals surface area contributed by atoms with Crippen molar-refractivity contribution in [2.24, 2.45) is 0 Å². The number of benzene rings is 1. The molecule has 0 saturated heterocycles. The fraction of sp³-hybridized carbons (Fsp3) is 0.385. The molecule has 0 unspecified atom stereocenters. The summed E-state index contributed by atoms with van der Waals surface area (Å²) in [5, 5.41) is 8.57. The normalized spacial score (nSPS) is 9.76. The second kappa shape index (κ2) is 6.00. The predicted octanol–water partition coefficient (Wildman–Crippen LogP) is 2.77. The molecule has 0 atom stereocenters. The van der Waals surface area contributed by atoms with Crippen molar-refractivity contribution in [2.45, 2.75) is 20.3 Å². The molecule has 1 rings (SSSR count). The molecular formula is C13H15FN2O. The van der Waals surface area contributed by atoms with Crippen molar-refractivity contribution in [2.75, 3.05) is 18.0 Å². The van der Waals surface area contributed by atoms with Crippen LogP contribution in [0.25, 0.3) is 0 Å². The van der Waals surface area contributed by atoms with E-state index in [9.17, 15) is 9.18 Å². The van der Waals surface area contributed by atoms with Gasteiger partial charge in [-0.25, -0.2) is 4.39 Å². The topological polar surface area (TPSA) is 44.1 Å². The van der Waals surface area contributed by atoms with Crippen LogP contribution in [0, 0.1) is 17.1 Å². The maximum absolute atomic E-state index is 13.6. The Hall–Kier alpha value is -1.89. The summed E-state index contributed by atoms with van der Waals surface area (Å²) in [6.07, 6.45) is 0.349. The van der Waals surface area contributed by atoms with Crippen molar-refractivity contribution in [3.63, 3.8) is 0 Å². The number of Topliss-reactive ketones (excluding diaryl/α,β-unsaturated/α-hetero) is 1. The number of hydrogen-bond acceptors (Lipinski definition) is 3. The van der Waals surface area contributed by atoms with Gasteiger partial charge in [-0.1, -0.05) is 6.07 Å². The third-order valence-electron chi connectivity index (χ3n) is 2.56. The minimum Gasteiger partial charge on any atom is -0.370 e.